The highest BCUT2D eigenvalue weighted by atomic mass is 16.5. The molecule has 2 heteroatoms. The van der Waals surface area contributed by atoms with E-state index in [1.165, 1.54) is 0 Å². The summed E-state index contributed by atoms with van der Waals surface area (Å²) in [5.74, 6) is 1.43. The second-order valence-corrected chi connectivity index (χ2v) is 4.77. The molecule has 3 rings (SSSR count). The van der Waals surface area contributed by atoms with Gasteiger partial charge in [-0.3, -0.25) is 0 Å². The first-order valence-electron chi connectivity index (χ1n) is 5.84. The van der Waals surface area contributed by atoms with Crippen LogP contribution in [-0.2, 0) is 0 Å². The number of hydrogen-bond acceptors (Lipinski definition) is 2. The topological polar surface area (TPSA) is 29.5 Å². The summed E-state index contributed by atoms with van der Waals surface area (Å²) in [6, 6.07) is 8.05. The summed E-state index contributed by atoms with van der Waals surface area (Å²) < 4.78 is 6.00. The second-order valence-electron chi connectivity index (χ2n) is 4.77. The van der Waals surface area contributed by atoms with Crippen molar-refractivity contribution in [2.24, 2.45) is 11.8 Å². The Bertz CT molecular complexity index is 424. The van der Waals surface area contributed by atoms with Crippen LogP contribution < -0.4 is 4.74 Å². The molecule has 0 saturated heterocycles. The number of benzene rings is 1. The first-order valence-corrected chi connectivity index (χ1v) is 5.84. The van der Waals surface area contributed by atoms with Crippen LogP contribution in [-0.4, -0.2) is 17.3 Å². The fourth-order valence-corrected chi connectivity index (χ4v) is 2.75. The van der Waals surface area contributed by atoms with Crippen LogP contribution in [0.1, 0.15) is 12.0 Å². The maximum Gasteiger partial charge on any atom is 0.122 e. The van der Waals surface area contributed by atoms with E-state index in [-0.39, 0.29) is 18.1 Å². The van der Waals surface area contributed by atoms with E-state index in [0.29, 0.717) is 5.92 Å². The summed E-state index contributed by atoms with van der Waals surface area (Å²) in [5, 5.41) is 9.90. The molecule has 0 aliphatic heterocycles. The fourth-order valence-electron chi connectivity index (χ4n) is 2.75. The summed E-state index contributed by atoms with van der Waals surface area (Å²) in [6.45, 7) is 2.05. The predicted octanol–water partition coefficient (Wildman–Crippen LogP) is 2.31. The van der Waals surface area contributed by atoms with Crippen molar-refractivity contribution in [1.29, 1.82) is 0 Å². The van der Waals surface area contributed by atoms with Crippen LogP contribution >= 0.6 is 0 Å². The monoisotopic (exact) mass is 216 g/mol. The van der Waals surface area contributed by atoms with Gasteiger partial charge in [-0.2, -0.15) is 0 Å². The van der Waals surface area contributed by atoms with Crippen molar-refractivity contribution in [3.63, 3.8) is 0 Å². The molecule has 0 radical (unpaired) electrons. The van der Waals surface area contributed by atoms with E-state index in [0.717, 1.165) is 17.7 Å². The minimum atomic E-state index is -0.228. The van der Waals surface area contributed by atoms with Crippen molar-refractivity contribution in [2.75, 3.05) is 0 Å². The van der Waals surface area contributed by atoms with Crippen LogP contribution in [0.3, 0.4) is 0 Å². The molecule has 1 saturated carbocycles. The van der Waals surface area contributed by atoms with Gasteiger partial charge in [0.15, 0.2) is 0 Å². The zero-order chi connectivity index (χ0) is 11.1. The molecule has 1 aromatic carbocycles. The van der Waals surface area contributed by atoms with Crippen LogP contribution in [0.25, 0.3) is 0 Å². The van der Waals surface area contributed by atoms with Gasteiger partial charge in [0.1, 0.15) is 11.9 Å². The number of para-hydroxylation sites is 1. The molecule has 0 amide bonds. The molecule has 0 aromatic heterocycles. The Labute approximate surface area is 95.6 Å². The molecule has 2 bridgehead atoms. The third-order valence-corrected chi connectivity index (χ3v) is 3.72. The van der Waals surface area contributed by atoms with Crippen molar-refractivity contribution in [3.05, 3.63) is 42.0 Å². The van der Waals surface area contributed by atoms with Crippen LogP contribution in [0.15, 0.2) is 36.4 Å². The Morgan fingerprint density at radius 1 is 1.25 bits per heavy atom. The lowest BCUT2D eigenvalue weighted by molar-refractivity contribution is 0.103. The van der Waals surface area contributed by atoms with Crippen LogP contribution in [0.2, 0.25) is 0 Å². The Kier molecular flexibility index (Phi) is 2.25. The van der Waals surface area contributed by atoms with Crippen molar-refractivity contribution < 1.29 is 9.84 Å². The van der Waals surface area contributed by atoms with Crippen LogP contribution in [0, 0.1) is 18.8 Å². The standard InChI is InChI=1S/C14H16O2/c1-9-4-2-3-5-12(9)16-13-8-10-6-7-11(13)14(10)15/h2-7,10-11,13-15H,8H2,1H3. The van der Waals surface area contributed by atoms with Gasteiger partial charge >= 0.3 is 0 Å². The van der Waals surface area contributed by atoms with Crippen LogP contribution in [0.5, 0.6) is 5.75 Å². The molecule has 0 spiro atoms. The summed E-state index contributed by atoms with van der Waals surface area (Å²) in [6.07, 6.45) is 5.07. The first kappa shape index (κ1) is 9.91. The van der Waals surface area contributed by atoms with Gasteiger partial charge in [0.25, 0.3) is 0 Å². The average molecular weight is 216 g/mol. The minimum absolute atomic E-state index is 0.145. The molecule has 16 heavy (non-hydrogen) atoms. The number of aliphatic hydroxyl groups excluding tert-OH is 1. The van der Waals surface area contributed by atoms with Gasteiger partial charge in [-0.25, -0.2) is 0 Å². The average Bonchev–Trinajstić information content (AvgIpc) is 2.78. The largest absolute Gasteiger partial charge is 0.489 e. The molecule has 1 N–H and O–H groups in total. The highest BCUT2D eigenvalue weighted by molar-refractivity contribution is 5.32. The van der Waals surface area contributed by atoms with E-state index in [1.807, 2.05) is 18.2 Å². The molecule has 84 valence electrons. The number of rotatable bonds is 2. The summed E-state index contributed by atoms with van der Waals surface area (Å²) >= 11 is 0. The zero-order valence-corrected chi connectivity index (χ0v) is 9.34. The predicted molar refractivity (Wildman–Crippen MR) is 62.3 cm³/mol. The molecule has 2 nitrogen and oxygen atoms in total. The van der Waals surface area contributed by atoms with Gasteiger partial charge in [0.2, 0.25) is 0 Å². The fraction of sp³-hybridized carbons (Fsp3) is 0.429. The smallest absolute Gasteiger partial charge is 0.122 e. The lowest BCUT2D eigenvalue weighted by Crippen LogP contribution is -2.25. The molecular weight excluding hydrogens is 200 g/mol. The summed E-state index contributed by atoms with van der Waals surface area (Å²) in [7, 11) is 0. The van der Waals surface area contributed by atoms with E-state index in [1.54, 1.807) is 0 Å². The molecule has 4 unspecified atom stereocenters. The number of ether oxygens (including phenoxy) is 1. The zero-order valence-electron chi connectivity index (χ0n) is 9.34. The van der Waals surface area contributed by atoms with Crippen molar-refractivity contribution >= 4 is 0 Å². The lowest BCUT2D eigenvalue weighted by atomic mass is 10.0. The van der Waals surface area contributed by atoms with Gasteiger partial charge in [-0.1, -0.05) is 30.4 Å². The lowest BCUT2D eigenvalue weighted by Gasteiger charge is -2.21. The number of aryl methyl sites for hydroxylation is 1. The Morgan fingerprint density at radius 2 is 2.06 bits per heavy atom. The maximum absolute atomic E-state index is 9.90. The molecule has 1 fully saturated rings. The van der Waals surface area contributed by atoms with Gasteiger partial charge in [-0.05, 0) is 25.0 Å². The summed E-state index contributed by atoms with van der Waals surface area (Å²) in [5.41, 5.74) is 1.16. The van der Waals surface area contributed by atoms with Crippen molar-refractivity contribution in [2.45, 2.75) is 25.6 Å². The van der Waals surface area contributed by atoms with Gasteiger partial charge in [0, 0.05) is 11.8 Å². The van der Waals surface area contributed by atoms with Gasteiger partial charge < -0.3 is 9.84 Å². The Morgan fingerprint density at radius 3 is 2.69 bits per heavy atom. The third-order valence-electron chi connectivity index (χ3n) is 3.72. The minimum Gasteiger partial charge on any atom is -0.489 e. The van der Waals surface area contributed by atoms with E-state index in [4.69, 9.17) is 4.74 Å². The number of aliphatic hydroxyl groups is 1. The molecule has 2 aliphatic carbocycles. The van der Waals surface area contributed by atoms with Crippen molar-refractivity contribution in [1.82, 2.24) is 0 Å². The van der Waals surface area contributed by atoms with E-state index in [2.05, 4.69) is 25.1 Å². The van der Waals surface area contributed by atoms with Gasteiger partial charge in [0.05, 0.1) is 6.10 Å². The molecule has 2 aliphatic rings. The third kappa shape index (κ3) is 1.45. The maximum atomic E-state index is 9.90. The highest BCUT2D eigenvalue weighted by Crippen LogP contribution is 2.41. The molecular formula is C14H16O2. The van der Waals surface area contributed by atoms with E-state index >= 15 is 0 Å². The highest BCUT2D eigenvalue weighted by Gasteiger charge is 2.45. The molecule has 0 heterocycles. The Balaban J connectivity index is 1.78. The van der Waals surface area contributed by atoms with E-state index < -0.39 is 0 Å². The Hall–Kier alpha value is -1.28. The van der Waals surface area contributed by atoms with Crippen LogP contribution in [0.4, 0.5) is 0 Å². The second kappa shape index (κ2) is 3.63. The summed E-state index contributed by atoms with van der Waals surface area (Å²) in [4.78, 5) is 0. The normalized spacial score (nSPS) is 35.6. The number of hydrogen-bond donors (Lipinski definition) is 1. The molecule has 1 aromatic rings. The van der Waals surface area contributed by atoms with E-state index in [9.17, 15) is 5.11 Å². The quantitative estimate of drug-likeness (QED) is 0.769. The SMILES string of the molecule is Cc1ccccc1OC1CC2C=CC1C2O. The first-order chi connectivity index (χ1) is 7.75. The number of fused-ring (bicyclic) bond motifs is 2. The molecule has 4 atom stereocenters. The van der Waals surface area contributed by atoms with Crippen molar-refractivity contribution in [3.8, 4) is 5.75 Å². The van der Waals surface area contributed by atoms with Gasteiger partial charge in [-0.15, -0.1) is 0 Å².